The van der Waals surface area contributed by atoms with Gasteiger partial charge < -0.3 is 15.5 Å². The summed E-state index contributed by atoms with van der Waals surface area (Å²) in [5.41, 5.74) is 0.599. The molecule has 0 unspecified atom stereocenters. The molecule has 0 aliphatic rings. The Morgan fingerprint density at radius 2 is 1.80 bits per heavy atom. The van der Waals surface area contributed by atoms with Crippen molar-refractivity contribution in [3.05, 3.63) is 39.9 Å². The zero-order valence-electron chi connectivity index (χ0n) is 10.5. The van der Waals surface area contributed by atoms with Crippen LogP contribution in [0.25, 0.3) is 6.08 Å². The van der Waals surface area contributed by atoms with Crippen molar-refractivity contribution in [2.75, 3.05) is 0 Å². The van der Waals surface area contributed by atoms with Crippen LogP contribution in [0.3, 0.4) is 0 Å². The maximum Gasteiger partial charge on any atom is 0.328 e. The number of carboxylic acid groups (broad SMARTS) is 1. The van der Waals surface area contributed by atoms with Crippen LogP contribution in [0.15, 0.2) is 24.3 Å². The van der Waals surface area contributed by atoms with Gasteiger partial charge in [-0.2, -0.15) is 0 Å². The summed E-state index contributed by atoms with van der Waals surface area (Å²) >= 11 is 11.6. The van der Waals surface area contributed by atoms with Crippen molar-refractivity contribution in [2.45, 2.75) is 19.1 Å². The molecular weight excluding hydrogens is 305 g/mol. The number of aliphatic hydroxyl groups is 1. The van der Waals surface area contributed by atoms with Crippen LogP contribution >= 0.6 is 23.2 Å². The lowest BCUT2D eigenvalue weighted by Gasteiger charge is -2.15. The molecule has 5 nitrogen and oxygen atoms in total. The molecule has 0 saturated carbocycles. The van der Waals surface area contributed by atoms with Crippen molar-refractivity contribution < 1.29 is 19.8 Å². The van der Waals surface area contributed by atoms with Gasteiger partial charge in [0.1, 0.15) is 0 Å². The van der Waals surface area contributed by atoms with Crippen LogP contribution in [-0.4, -0.2) is 34.2 Å². The van der Waals surface area contributed by atoms with E-state index in [0.29, 0.717) is 15.6 Å². The normalized spacial score (nSPS) is 14.0. The Morgan fingerprint density at radius 1 is 1.25 bits per heavy atom. The van der Waals surface area contributed by atoms with Crippen molar-refractivity contribution in [1.82, 2.24) is 5.32 Å². The van der Waals surface area contributed by atoms with Gasteiger partial charge >= 0.3 is 5.97 Å². The number of carbonyl (C=O) groups excluding carboxylic acids is 1. The summed E-state index contributed by atoms with van der Waals surface area (Å²) in [7, 11) is 0. The molecule has 7 heteroatoms. The van der Waals surface area contributed by atoms with Crippen LogP contribution in [-0.2, 0) is 9.59 Å². The fraction of sp³-hybridized carbons (Fsp3) is 0.231. The van der Waals surface area contributed by atoms with Gasteiger partial charge in [0.05, 0.1) is 6.10 Å². The third kappa shape index (κ3) is 5.21. The number of hydrogen-bond donors (Lipinski definition) is 3. The van der Waals surface area contributed by atoms with Gasteiger partial charge in [-0.15, -0.1) is 0 Å². The highest BCUT2D eigenvalue weighted by Crippen LogP contribution is 2.19. The summed E-state index contributed by atoms with van der Waals surface area (Å²) < 4.78 is 0. The first-order valence-corrected chi connectivity index (χ1v) is 6.40. The number of carboxylic acids is 1. The Labute approximate surface area is 125 Å². The predicted octanol–water partition coefficient (Wildman–Crippen LogP) is 1.96. The van der Waals surface area contributed by atoms with Crippen molar-refractivity contribution in [2.24, 2.45) is 0 Å². The van der Waals surface area contributed by atoms with E-state index in [1.54, 1.807) is 18.2 Å². The molecule has 0 aliphatic carbocycles. The van der Waals surface area contributed by atoms with Crippen molar-refractivity contribution in [3.8, 4) is 0 Å². The molecule has 1 aromatic rings. The first-order valence-electron chi connectivity index (χ1n) is 5.65. The fourth-order valence-electron chi connectivity index (χ4n) is 1.43. The number of nitrogens with one attached hydrogen (secondary N) is 1. The van der Waals surface area contributed by atoms with E-state index in [2.05, 4.69) is 5.32 Å². The minimum atomic E-state index is -1.37. The van der Waals surface area contributed by atoms with Gasteiger partial charge in [0.25, 0.3) is 0 Å². The molecule has 20 heavy (non-hydrogen) atoms. The average molecular weight is 318 g/mol. The van der Waals surface area contributed by atoms with Gasteiger partial charge in [-0.05, 0) is 36.8 Å². The smallest absolute Gasteiger partial charge is 0.328 e. The average Bonchev–Trinajstić information content (AvgIpc) is 2.31. The molecule has 2 atom stereocenters. The lowest BCUT2D eigenvalue weighted by Crippen LogP contribution is -2.47. The van der Waals surface area contributed by atoms with E-state index < -0.39 is 24.0 Å². The number of aliphatic hydroxyl groups excluding tert-OH is 1. The zero-order chi connectivity index (χ0) is 15.3. The molecule has 0 spiro atoms. The van der Waals surface area contributed by atoms with E-state index in [0.717, 1.165) is 6.08 Å². The van der Waals surface area contributed by atoms with E-state index in [1.807, 2.05) is 0 Å². The quantitative estimate of drug-likeness (QED) is 0.724. The monoisotopic (exact) mass is 317 g/mol. The van der Waals surface area contributed by atoms with E-state index in [4.69, 9.17) is 28.3 Å². The summed E-state index contributed by atoms with van der Waals surface area (Å²) in [6.45, 7) is 1.28. The molecule has 1 rings (SSSR count). The lowest BCUT2D eigenvalue weighted by atomic mass is 10.1. The van der Waals surface area contributed by atoms with Crippen LogP contribution < -0.4 is 5.32 Å². The van der Waals surface area contributed by atoms with Gasteiger partial charge in [-0.3, -0.25) is 4.79 Å². The van der Waals surface area contributed by atoms with Gasteiger partial charge in [0.15, 0.2) is 6.04 Å². The van der Waals surface area contributed by atoms with Crippen LogP contribution in [0.4, 0.5) is 0 Å². The first-order chi connectivity index (χ1) is 9.29. The molecule has 1 amide bonds. The molecular formula is C13H13Cl2NO4. The van der Waals surface area contributed by atoms with E-state index >= 15 is 0 Å². The Morgan fingerprint density at radius 3 is 2.25 bits per heavy atom. The highest BCUT2D eigenvalue weighted by atomic mass is 35.5. The van der Waals surface area contributed by atoms with Gasteiger partial charge in [0, 0.05) is 16.1 Å². The van der Waals surface area contributed by atoms with Crippen molar-refractivity contribution >= 4 is 41.2 Å². The van der Waals surface area contributed by atoms with Crippen molar-refractivity contribution in [3.63, 3.8) is 0 Å². The second kappa shape index (κ2) is 7.28. The van der Waals surface area contributed by atoms with E-state index in [9.17, 15) is 14.7 Å². The molecule has 0 radical (unpaired) electrons. The third-order valence-corrected chi connectivity index (χ3v) is 2.79. The minimum absolute atomic E-state index is 0.421. The Bertz CT molecular complexity index is 523. The van der Waals surface area contributed by atoms with Gasteiger partial charge in [0.2, 0.25) is 5.91 Å². The minimum Gasteiger partial charge on any atom is -0.480 e. The Balaban J connectivity index is 2.74. The number of hydrogen-bond acceptors (Lipinski definition) is 3. The number of aliphatic carboxylic acids is 1. The molecule has 0 aliphatic heterocycles. The summed E-state index contributed by atoms with van der Waals surface area (Å²) in [6.07, 6.45) is 1.37. The number of amides is 1. The zero-order valence-corrected chi connectivity index (χ0v) is 12.0. The number of benzene rings is 1. The molecule has 0 aromatic heterocycles. The molecule has 0 saturated heterocycles. The van der Waals surface area contributed by atoms with E-state index in [-0.39, 0.29) is 0 Å². The highest BCUT2D eigenvalue weighted by molar-refractivity contribution is 6.34. The van der Waals surface area contributed by atoms with Crippen LogP contribution in [0, 0.1) is 0 Å². The van der Waals surface area contributed by atoms with Crippen molar-refractivity contribution in [1.29, 1.82) is 0 Å². The maximum absolute atomic E-state index is 11.6. The lowest BCUT2D eigenvalue weighted by molar-refractivity contribution is -0.144. The second-order valence-electron chi connectivity index (χ2n) is 4.10. The largest absolute Gasteiger partial charge is 0.480 e. The molecule has 0 bridgehead atoms. The van der Waals surface area contributed by atoms with E-state index in [1.165, 1.54) is 13.0 Å². The maximum atomic E-state index is 11.6. The van der Waals surface area contributed by atoms with Gasteiger partial charge in [-0.1, -0.05) is 23.2 Å². The third-order valence-electron chi connectivity index (χ3n) is 2.36. The number of carbonyl (C=O) groups is 2. The summed E-state index contributed by atoms with van der Waals surface area (Å²) in [5.74, 6) is -1.96. The number of halogens is 2. The Hall–Kier alpha value is -1.56. The second-order valence-corrected chi connectivity index (χ2v) is 4.97. The summed E-state index contributed by atoms with van der Waals surface area (Å²) in [4.78, 5) is 22.4. The standard InChI is InChI=1S/C13H13Cl2NO4/c1-7(17)12(13(19)20)16-11(18)3-2-8-4-9(14)6-10(15)5-8/h2-7,12,17H,1H3,(H,16,18)(H,19,20)/b3-2+/t7-,12+/m1/s1. The predicted molar refractivity (Wildman–Crippen MR) is 76.7 cm³/mol. The molecule has 108 valence electrons. The SMILES string of the molecule is C[C@@H](O)[C@H](NC(=O)/C=C/c1cc(Cl)cc(Cl)c1)C(=O)O. The summed E-state index contributed by atoms with van der Waals surface area (Å²) in [5, 5.41) is 21.1. The van der Waals surface area contributed by atoms with Crippen LogP contribution in [0.5, 0.6) is 0 Å². The van der Waals surface area contributed by atoms with Gasteiger partial charge in [-0.25, -0.2) is 4.79 Å². The topological polar surface area (TPSA) is 86.6 Å². The molecule has 0 heterocycles. The fourth-order valence-corrected chi connectivity index (χ4v) is 1.98. The Kier molecular flexibility index (Phi) is 6.01. The molecule has 0 fully saturated rings. The van der Waals surface area contributed by atoms with Crippen LogP contribution in [0.2, 0.25) is 10.0 Å². The molecule has 1 aromatic carbocycles. The van der Waals surface area contributed by atoms with Crippen LogP contribution in [0.1, 0.15) is 12.5 Å². The number of rotatable bonds is 5. The highest BCUT2D eigenvalue weighted by Gasteiger charge is 2.23. The molecule has 3 N–H and O–H groups in total. The first kappa shape index (κ1) is 16.5. The summed E-state index contributed by atoms with van der Waals surface area (Å²) in [6, 6.07) is 3.38.